The van der Waals surface area contributed by atoms with Gasteiger partial charge in [0.25, 0.3) is 0 Å². The first-order valence-corrected chi connectivity index (χ1v) is 19.2. The molecule has 1 aliphatic heterocycles. The predicted molar refractivity (Wildman–Crippen MR) is 220 cm³/mol. The highest BCUT2D eigenvalue weighted by Crippen LogP contribution is 2.43. The van der Waals surface area contributed by atoms with Crippen LogP contribution in [0.2, 0.25) is 0 Å². The van der Waals surface area contributed by atoms with Crippen LogP contribution in [0.5, 0.6) is 0 Å². The lowest BCUT2D eigenvalue weighted by Crippen LogP contribution is -2.54. The third kappa shape index (κ3) is 8.55. The first-order valence-electron chi connectivity index (χ1n) is 19.2. The molecule has 7 nitrogen and oxygen atoms in total. The monoisotopic (exact) mass is 747 g/mol. The second-order valence-electron chi connectivity index (χ2n) is 15.4. The molecule has 7 heteroatoms. The molecule has 0 bridgehead atoms. The molecule has 1 fully saturated rings. The van der Waals surface area contributed by atoms with Gasteiger partial charge in [-0.15, -0.1) is 0 Å². The molecule has 6 aromatic carbocycles. The molecule has 0 aliphatic carbocycles. The Bertz CT molecular complexity index is 2120. The van der Waals surface area contributed by atoms with Gasteiger partial charge in [0.2, 0.25) is 0 Å². The molecule has 1 saturated heterocycles. The van der Waals surface area contributed by atoms with Crippen molar-refractivity contribution in [3.8, 4) is 0 Å². The molecule has 0 saturated carbocycles. The van der Waals surface area contributed by atoms with Crippen LogP contribution >= 0.6 is 0 Å². The summed E-state index contributed by atoms with van der Waals surface area (Å²) in [5.41, 5.74) is 3.76. The topological polar surface area (TPSA) is 74.3 Å². The molecule has 1 aliphatic rings. The molecule has 0 spiro atoms. The number of esters is 1. The summed E-state index contributed by atoms with van der Waals surface area (Å²) in [4.78, 5) is 28.2. The van der Waals surface area contributed by atoms with Crippen molar-refractivity contribution in [1.29, 1.82) is 0 Å². The third-order valence-corrected chi connectivity index (χ3v) is 10.5. The maximum Gasteiger partial charge on any atom is 0.410 e. The molecule has 1 heterocycles. The summed E-state index contributed by atoms with van der Waals surface area (Å²) in [6.45, 7) is 6.90. The van der Waals surface area contributed by atoms with E-state index >= 15 is 0 Å². The fourth-order valence-electron chi connectivity index (χ4n) is 7.87. The van der Waals surface area contributed by atoms with E-state index in [2.05, 4.69) is 66.7 Å². The number of rotatable bonds is 11. The van der Waals surface area contributed by atoms with Gasteiger partial charge in [0, 0.05) is 18.4 Å². The smallest absolute Gasteiger partial charge is 0.410 e. The van der Waals surface area contributed by atoms with Crippen LogP contribution in [0.3, 0.4) is 0 Å². The van der Waals surface area contributed by atoms with Crippen LogP contribution < -0.4 is 0 Å². The fraction of sp³-hybridized carbons (Fsp3) is 0.265. The van der Waals surface area contributed by atoms with Gasteiger partial charge < -0.3 is 23.8 Å². The van der Waals surface area contributed by atoms with E-state index in [1.165, 1.54) is 7.11 Å². The molecule has 0 N–H and O–H groups in total. The Hall–Kier alpha value is -5.76. The Morgan fingerprint density at radius 2 is 1.21 bits per heavy atom. The molecule has 1 amide bonds. The molecule has 0 aromatic heterocycles. The van der Waals surface area contributed by atoms with E-state index in [-0.39, 0.29) is 18.4 Å². The lowest BCUT2D eigenvalue weighted by atomic mass is 9.77. The number of ether oxygens (including phenoxy) is 4. The second kappa shape index (κ2) is 16.9. The average molecular weight is 748 g/mol. The highest BCUT2D eigenvalue weighted by Gasteiger charge is 2.44. The van der Waals surface area contributed by atoms with Crippen LogP contribution in [0.25, 0.3) is 10.8 Å². The number of carbonyl (C=O) groups excluding carboxylic acids is 2. The van der Waals surface area contributed by atoms with Gasteiger partial charge in [-0.2, -0.15) is 0 Å². The number of likely N-dealkylation sites (tertiary alicyclic amines) is 1. The van der Waals surface area contributed by atoms with Crippen LogP contribution in [-0.2, 0) is 31.2 Å². The average Bonchev–Trinajstić information content (AvgIpc) is 3.23. The minimum atomic E-state index is -0.973. The van der Waals surface area contributed by atoms with Crippen LogP contribution in [0.4, 0.5) is 4.79 Å². The first-order chi connectivity index (χ1) is 27.1. The molecule has 3 atom stereocenters. The minimum Gasteiger partial charge on any atom is -0.465 e. The number of fused-ring (bicyclic) bond motifs is 1. The zero-order valence-corrected chi connectivity index (χ0v) is 32.5. The Kier molecular flexibility index (Phi) is 11.7. The summed E-state index contributed by atoms with van der Waals surface area (Å²) >= 11 is 0. The van der Waals surface area contributed by atoms with Gasteiger partial charge in [0.05, 0.1) is 38.5 Å². The van der Waals surface area contributed by atoms with Crippen LogP contribution in [0.15, 0.2) is 158 Å². The predicted octanol–water partition coefficient (Wildman–Crippen LogP) is 10.2. The van der Waals surface area contributed by atoms with Crippen molar-refractivity contribution >= 4 is 22.8 Å². The minimum absolute atomic E-state index is 0.221. The molecule has 7 rings (SSSR count). The molecule has 56 heavy (non-hydrogen) atoms. The van der Waals surface area contributed by atoms with Crippen LogP contribution in [0.1, 0.15) is 64.9 Å². The highest BCUT2D eigenvalue weighted by molar-refractivity contribution is 5.89. The summed E-state index contributed by atoms with van der Waals surface area (Å²) in [5.74, 6) is -0.878. The maximum atomic E-state index is 13.9. The van der Waals surface area contributed by atoms with Crippen molar-refractivity contribution in [1.82, 2.24) is 4.90 Å². The van der Waals surface area contributed by atoms with Gasteiger partial charge in [0.1, 0.15) is 11.2 Å². The quantitative estimate of drug-likeness (QED) is 0.0971. The van der Waals surface area contributed by atoms with Gasteiger partial charge in [-0.25, -0.2) is 9.59 Å². The zero-order chi connectivity index (χ0) is 39.1. The summed E-state index contributed by atoms with van der Waals surface area (Å²) in [5, 5.41) is 2.29. The number of methoxy groups -OCH3 is 1. The number of piperidine rings is 1. The fourth-order valence-corrected chi connectivity index (χ4v) is 7.87. The SMILES string of the molecule is COC(=O)c1ccc(C2C(COC(c3ccccc3)(c3ccccc3)c3ccccc3)CN(C(=O)OC(C)(C)C)CC2OCc2ccc3ccccc3c2)cc1. The Morgan fingerprint density at radius 3 is 1.77 bits per heavy atom. The Morgan fingerprint density at radius 1 is 0.661 bits per heavy atom. The molecule has 6 aromatic rings. The summed E-state index contributed by atoms with van der Waals surface area (Å²) in [6, 6.07) is 53.0. The standard InChI is InChI=1S/C49H49NO6/c1-48(2,3)56-47(52)50-31-40(34-55-49(41-18-8-5-9-19-41,42-20-10-6-11-21-42)43-22-12-7-13-23-43)45(37-26-28-38(29-27-37)46(51)53-4)44(32-50)54-33-35-24-25-36-16-14-15-17-39(36)30-35/h5-30,40,44-45H,31-34H2,1-4H3. The van der Waals surface area contributed by atoms with Gasteiger partial charge in [-0.3, -0.25) is 0 Å². The molecular formula is C49H49NO6. The Balaban J connectivity index is 1.31. The Labute approximate surface area is 329 Å². The zero-order valence-electron chi connectivity index (χ0n) is 32.5. The van der Waals surface area contributed by atoms with Gasteiger partial charge in [-0.1, -0.05) is 140 Å². The molecule has 3 unspecified atom stereocenters. The van der Waals surface area contributed by atoms with E-state index in [0.717, 1.165) is 38.6 Å². The lowest BCUT2D eigenvalue weighted by molar-refractivity contribution is -0.0821. The number of hydrogen-bond donors (Lipinski definition) is 0. The summed E-state index contributed by atoms with van der Waals surface area (Å²) < 4.78 is 25.3. The van der Waals surface area contributed by atoms with E-state index < -0.39 is 29.4 Å². The molecule has 286 valence electrons. The summed E-state index contributed by atoms with van der Waals surface area (Å²) in [7, 11) is 1.38. The normalized spacial score (nSPS) is 17.4. The van der Waals surface area contributed by atoms with Crippen molar-refractivity contribution in [2.75, 3.05) is 26.8 Å². The van der Waals surface area contributed by atoms with Crippen LogP contribution in [0, 0.1) is 5.92 Å². The molecular weight excluding hydrogens is 699 g/mol. The van der Waals surface area contributed by atoms with Gasteiger partial charge in [-0.05, 0) is 77.6 Å². The number of benzene rings is 6. The summed E-state index contributed by atoms with van der Waals surface area (Å²) in [6.07, 6.45) is -0.846. The van der Waals surface area contributed by atoms with E-state index in [1.807, 2.05) is 99.6 Å². The van der Waals surface area contributed by atoms with Gasteiger partial charge in [0.15, 0.2) is 0 Å². The van der Waals surface area contributed by atoms with E-state index in [0.29, 0.717) is 25.3 Å². The number of hydrogen-bond acceptors (Lipinski definition) is 6. The first kappa shape index (κ1) is 38.5. The van der Waals surface area contributed by atoms with Crippen molar-refractivity contribution in [2.45, 2.75) is 50.6 Å². The lowest BCUT2D eigenvalue weighted by Gasteiger charge is -2.45. The van der Waals surface area contributed by atoms with Gasteiger partial charge >= 0.3 is 12.1 Å². The van der Waals surface area contributed by atoms with E-state index in [9.17, 15) is 9.59 Å². The van der Waals surface area contributed by atoms with Crippen molar-refractivity contribution in [3.63, 3.8) is 0 Å². The van der Waals surface area contributed by atoms with Crippen molar-refractivity contribution in [2.24, 2.45) is 5.92 Å². The maximum absolute atomic E-state index is 13.9. The number of nitrogens with zero attached hydrogens (tertiary/aromatic N) is 1. The van der Waals surface area contributed by atoms with Crippen molar-refractivity contribution in [3.05, 3.63) is 191 Å². The van der Waals surface area contributed by atoms with Crippen LogP contribution in [-0.4, -0.2) is 55.5 Å². The van der Waals surface area contributed by atoms with E-state index in [1.54, 1.807) is 17.0 Å². The molecule has 0 radical (unpaired) electrons. The number of amides is 1. The van der Waals surface area contributed by atoms with E-state index in [4.69, 9.17) is 18.9 Å². The highest BCUT2D eigenvalue weighted by atomic mass is 16.6. The third-order valence-electron chi connectivity index (χ3n) is 10.5. The van der Waals surface area contributed by atoms with Crippen molar-refractivity contribution < 1.29 is 28.5 Å². The second-order valence-corrected chi connectivity index (χ2v) is 15.4. The largest absolute Gasteiger partial charge is 0.465 e. The number of carbonyl (C=O) groups is 2.